The second-order valence-corrected chi connectivity index (χ2v) is 5.16. The lowest BCUT2D eigenvalue weighted by atomic mass is 10.1. The largest absolute Gasteiger partial charge is 0.503 e. The van der Waals surface area contributed by atoms with Gasteiger partial charge < -0.3 is 14.9 Å². The highest BCUT2D eigenvalue weighted by Crippen LogP contribution is 2.35. The molecule has 0 fully saturated rings. The summed E-state index contributed by atoms with van der Waals surface area (Å²) in [5.74, 6) is -0.435. The van der Waals surface area contributed by atoms with Crippen molar-refractivity contribution >= 4 is 21.9 Å². The van der Waals surface area contributed by atoms with Crippen molar-refractivity contribution in [2.75, 3.05) is 14.2 Å². The maximum absolute atomic E-state index is 11.1. The Kier molecular flexibility index (Phi) is 5.62. The Morgan fingerprint density at radius 2 is 2.16 bits per heavy atom. The Hall–Kier alpha value is -1.27. The number of phenols is 1. The van der Waals surface area contributed by atoms with Gasteiger partial charge >= 0.3 is 5.97 Å². The second kappa shape index (κ2) is 6.77. The number of likely N-dealkylation sites (N-methyl/N-ethyl adjacent to an activating group) is 1. The molecule has 0 radical (unpaired) electrons. The summed E-state index contributed by atoms with van der Waals surface area (Å²) in [6.07, 6.45) is 0.530. The summed E-state index contributed by atoms with van der Waals surface area (Å²) < 4.78 is 5.59. The van der Waals surface area contributed by atoms with Crippen LogP contribution in [0.25, 0.3) is 0 Å². The van der Waals surface area contributed by atoms with Crippen LogP contribution in [0.5, 0.6) is 11.5 Å². The molecule has 19 heavy (non-hydrogen) atoms. The molecule has 0 aliphatic rings. The van der Waals surface area contributed by atoms with Gasteiger partial charge in [0.1, 0.15) is 6.04 Å². The molecule has 0 saturated heterocycles. The number of phenolic OH excluding ortho intramolecular Hbond substituents is 1. The lowest BCUT2D eigenvalue weighted by molar-refractivity contribution is -0.143. The fourth-order valence-corrected chi connectivity index (χ4v) is 2.44. The summed E-state index contributed by atoms with van der Waals surface area (Å²) in [7, 11) is 3.23. The number of hydrogen-bond acceptors (Lipinski definition) is 4. The third kappa shape index (κ3) is 3.84. The molecule has 0 spiro atoms. The van der Waals surface area contributed by atoms with Gasteiger partial charge in [0, 0.05) is 6.54 Å². The maximum atomic E-state index is 11.1. The molecular weight excluding hydrogens is 314 g/mol. The van der Waals surface area contributed by atoms with Crippen LogP contribution in [0, 0.1) is 0 Å². The number of methoxy groups -OCH3 is 1. The standard InChI is InChI=1S/C13H18BrNO4/c1-4-10(13(17)18)15(2)7-8-5-9(14)12(16)11(6-8)19-3/h5-6,10,16H,4,7H2,1-3H3,(H,17,18). The monoisotopic (exact) mass is 331 g/mol. The molecule has 0 amide bonds. The highest BCUT2D eigenvalue weighted by atomic mass is 79.9. The topological polar surface area (TPSA) is 70.0 Å². The molecular formula is C13H18BrNO4. The van der Waals surface area contributed by atoms with Gasteiger partial charge in [-0.1, -0.05) is 6.92 Å². The molecule has 0 saturated carbocycles. The Balaban J connectivity index is 2.93. The normalized spacial score (nSPS) is 12.5. The van der Waals surface area contributed by atoms with Crippen LogP contribution >= 0.6 is 15.9 Å². The van der Waals surface area contributed by atoms with E-state index in [1.54, 1.807) is 24.1 Å². The zero-order valence-corrected chi connectivity index (χ0v) is 12.8. The first-order valence-corrected chi connectivity index (χ1v) is 6.68. The van der Waals surface area contributed by atoms with Crippen molar-refractivity contribution in [3.05, 3.63) is 22.2 Å². The first kappa shape index (κ1) is 15.8. The van der Waals surface area contributed by atoms with Gasteiger partial charge in [-0.3, -0.25) is 9.69 Å². The number of nitrogens with zero attached hydrogens (tertiary/aromatic N) is 1. The number of carbonyl (C=O) groups is 1. The first-order chi connectivity index (χ1) is 8.90. The number of halogens is 1. The molecule has 1 aromatic rings. The predicted molar refractivity (Wildman–Crippen MR) is 75.5 cm³/mol. The van der Waals surface area contributed by atoms with E-state index in [-0.39, 0.29) is 5.75 Å². The summed E-state index contributed by atoms with van der Waals surface area (Å²) in [6.45, 7) is 2.29. The lowest BCUT2D eigenvalue weighted by Crippen LogP contribution is -2.37. The number of rotatable bonds is 6. The summed E-state index contributed by atoms with van der Waals surface area (Å²) in [4.78, 5) is 12.8. The number of ether oxygens (including phenoxy) is 1. The maximum Gasteiger partial charge on any atom is 0.320 e. The van der Waals surface area contributed by atoms with Crippen LogP contribution in [0.4, 0.5) is 0 Å². The highest BCUT2D eigenvalue weighted by Gasteiger charge is 2.21. The van der Waals surface area contributed by atoms with Gasteiger partial charge in [0.05, 0.1) is 11.6 Å². The van der Waals surface area contributed by atoms with Crippen LogP contribution < -0.4 is 4.74 Å². The molecule has 6 heteroatoms. The number of carboxylic acids is 1. The molecule has 0 aromatic heterocycles. The van der Waals surface area contributed by atoms with Crippen LogP contribution in [-0.2, 0) is 11.3 Å². The van der Waals surface area contributed by atoms with Gasteiger partial charge in [0.2, 0.25) is 0 Å². The number of aromatic hydroxyl groups is 1. The number of hydrogen-bond donors (Lipinski definition) is 2. The van der Waals surface area contributed by atoms with Crippen molar-refractivity contribution < 1.29 is 19.7 Å². The van der Waals surface area contributed by atoms with Crippen molar-refractivity contribution in [1.82, 2.24) is 4.90 Å². The molecule has 0 heterocycles. The Bertz CT molecular complexity index is 464. The van der Waals surface area contributed by atoms with E-state index in [1.165, 1.54) is 7.11 Å². The Morgan fingerprint density at radius 1 is 1.53 bits per heavy atom. The minimum Gasteiger partial charge on any atom is -0.503 e. The molecule has 1 aromatic carbocycles. The van der Waals surface area contributed by atoms with E-state index in [9.17, 15) is 9.90 Å². The van der Waals surface area contributed by atoms with E-state index < -0.39 is 12.0 Å². The minimum absolute atomic E-state index is 0.0409. The van der Waals surface area contributed by atoms with Crippen LogP contribution in [0.15, 0.2) is 16.6 Å². The Morgan fingerprint density at radius 3 is 2.63 bits per heavy atom. The molecule has 1 atom stereocenters. The van der Waals surface area contributed by atoms with Crippen LogP contribution in [-0.4, -0.2) is 41.3 Å². The summed E-state index contributed by atoms with van der Waals surface area (Å²) >= 11 is 3.25. The van der Waals surface area contributed by atoms with E-state index in [2.05, 4.69) is 15.9 Å². The average Bonchev–Trinajstić information content (AvgIpc) is 2.33. The van der Waals surface area contributed by atoms with E-state index in [0.29, 0.717) is 23.2 Å². The van der Waals surface area contributed by atoms with Gasteiger partial charge in [0.25, 0.3) is 0 Å². The van der Waals surface area contributed by atoms with Crippen LogP contribution in [0.2, 0.25) is 0 Å². The van der Waals surface area contributed by atoms with Crippen molar-refractivity contribution in [2.24, 2.45) is 0 Å². The molecule has 2 N–H and O–H groups in total. The second-order valence-electron chi connectivity index (χ2n) is 4.31. The molecule has 5 nitrogen and oxygen atoms in total. The summed E-state index contributed by atoms with van der Waals surface area (Å²) in [6, 6.07) is 2.92. The van der Waals surface area contributed by atoms with Gasteiger partial charge in [-0.05, 0) is 47.1 Å². The van der Waals surface area contributed by atoms with Crippen molar-refractivity contribution in [2.45, 2.75) is 25.9 Å². The zero-order valence-electron chi connectivity index (χ0n) is 11.2. The van der Waals surface area contributed by atoms with E-state index in [1.807, 2.05) is 6.92 Å². The fourth-order valence-electron chi connectivity index (χ4n) is 1.95. The van der Waals surface area contributed by atoms with Crippen molar-refractivity contribution in [3.8, 4) is 11.5 Å². The van der Waals surface area contributed by atoms with Gasteiger partial charge in [0.15, 0.2) is 11.5 Å². The van der Waals surface area contributed by atoms with Crippen molar-refractivity contribution in [1.29, 1.82) is 0 Å². The molecule has 1 rings (SSSR count). The lowest BCUT2D eigenvalue weighted by Gasteiger charge is -2.23. The van der Waals surface area contributed by atoms with E-state index >= 15 is 0 Å². The smallest absolute Gasteiger partial charge is 0.320 e. The first-order valence-electron chi connectivity index (χ1n) is 5.89. The number of benzene rings is 1. The third-order valence-electron chi connectivity index (χ3n) is 2.94. The SMILES string of the molecule is CCC(C(=O)O)N(C)Cc1cc(Br)c(O)c(OC)c1. The number of aliphatic carboxylic acids is 1. The van der Waals surface area contributed by atoms with Gasteiger partial charge in [-0.25, -0.2) is 0 Å². The van der Waals surface area contributed by atoms with Crippen LogP contribution in [0.1, 0.15) is 18.9 Å². The minimum atomic E-state index is -0.838. The molecule has 1 unspecified atom stereocenters. The van der Waals surface area contributed by atoms with E-state index in [4.69, 9.17) is 9.84 Å². The summed E-state index contributed by atoms with van der Waals surface area (Å²) in [5, 5.41) is 18.8. The third-order valence-corrected chi connectivity index (χ3v) is 3.55. The quantitative estimate of drug-likeness (QED) is 0.837. The average molecular weight is 332 g/mol. The highest BCUT2D eigenvalue weighted by molar-refractivity contribution is 9.10. The molecule has 106 valence electrons. The predicted octanol–water partition coefficient (Wildman–Crippen LogP) is 2.46. The zero-order chi connectivity index (χ0) is 14.6. The van der Waals surface area contributed by atoms with Gasteiger partial charge in [-0.15, -0.1) is 0 Å². The van der Waals surface area contributed by atoms with Crippen LogP contribution in [0.3, 0.4) is 0 Å². The molecule has 0 aliphatic heterocycles. The van der Waals surface area contributed by atoms with Crippen molar-refractivity contribution in [3.63, 3.8) is 0 Å². The Labute approximate surface area is 120 Å². The fraction of sp³-hybridized carbons (Fsp3) is 0.462. The van der Waals surface area contributed by atoms with Gasteiger partial charge in [-0.2, -0.15) is 0 Å². The van der Waals surface area contributed by atoms with E-state index in [0.717, 1.165) is 5.56 Å². The summed E-state index contributed by atoms with van der Waals surface area (Å²) in [5.41, 5.74) is 0.865. The number of carboxylic acid groups (broad SMARTS) is 1. The molecule has 0 bridgehead atoms. The molecule has 0 aliphatic carbocycles.